The lowest BCUT2D eigenvalue weighted by atomic mass is 10.0. The Labute approximate surface area is 196 Å². The molecule has 168 valence electrons. The number of benzene rings is 3. The van der Waals surface area contributed by atoms with E-state index in [1.54, 1.807) is 17.0 Å². The van der Waals surface area contributed by atoms with Gasteiger partial charge in [-0.05, 0) is 35.9 Å². The van der Waals surface area contributed by atoms with Crippen molar-refractivity contribution >= 4 is 28.6 Å². The summed E-state index contributed by atoms with van der Waals surface area (Å²) in [5.41, 5.74) is 3.00. The van der Waals surface area contributed by atoms with Crippen molar-refractivity contribution in [3.63, 3.8) is 0 Å². The number of nitrogens with one attached hydrogen (secondary N) is 1. The summed E-state index contributed by atoms with van der Waals surface area (Å²) in [4.78, 5) is 26.0. The van der Waals surface area contributed by atoms with Gasteiger partial charge in [0.1, 0.15) is 11.9 Å². The molecular weight excluding hydrogens is 431 g/mol. The molecule has 4 aromatic rings. The Hall–Kier alpha value is -4.51. The largest absolute Gasteiger partial charge is 0.344 e. The fourth-order valence-electron chi connectivity index (χ4n) is 4.22. The molecule has 0 spiro atoms. The highest BCUT2D eigenvalue weighted by molar-refractivity contribution is 5.89. The fraction of sp³-hybridized carbons (Fsp3) is 0.154. The normalized spacial score (nSPS) is 15.7. The van der Waals surface area contributed by atoms with Crippen LogP contribution in [0.5, 0.6) is 0 Å². The highest BCUT2D eigenvalue weighted by Crippen LogP contribution is 2.32. The zero-order valence-corrected chi connectivity index (χ0v) is 18.2. The first-order chi connectivity index (χ1) is 16.6. The van der Waals surface area contributed by atoms with Crippen LogP contribution < -0.4 is 10.2 Å². The molecule has 0 bridgehead atoms. The van der Waals surface area contributed by atoms with Gasteiger partial charge in [-0.25, -0.2) is 19.2 Å². The first-order valence-electron chi connectivity index (χ1n) is 10.9. The van der Waals surface area contributed by atoms with Crippen LogP contribution in [0.2, 0.25) is 0 Å². The van der Waals surface area contributed by atoms with Crippen LogP contribution in [-0.2, 0) is 0 Å². The van der Waals surface area contributed by atoms with E-state index in [4.69, 9.17) is 4.98 Å². The molecular formula is C26H21FN6O. The number of nitrogens with zero attached hydrogens (tertiary/aromatic N) is 5. The summed E-state index contributed by atoms with van der Waals surface area (Å²) < 4.78 is 13.6. The van der Waals surface area contributed by atoms with Gasteiger partial charge in [0.05, 0.1) is 17.1 Å². The third kappa shape index (κ3) is 4.24. The number of aromatic nitrogens is 2. The number of anilines is 2. The summed E-state index contributed by atoms with van der Waals surface area (Å²) in [6.07, 6.45) is 0. The minimum atomic E-state index is -0.413. The summed E-state index contributed by atoms with van der Waals surface area (Å²) in [6.45, 7) is 1.23. The minimum absolute atomic E-state index is 0.240. The van der Waals surface area contributed by atoms with Crippen LogP contribution in [0.4, 0.5) is 20.7 Å². The second kappa shape index (κ2) is 9.16. The third-order valence-corrected chi connectivity index (χ3v) is 5.86. The first kappa shape index (κ1) is 21.3. The van der Waals surface area contributed by atoms with E-state index in [-0.39, 0.29) is 17.8 Å². The Morgan fingerprint density at radius 3 is 2.44 bits per heavy atom. The number of hydrogen-bond acceptors (Lipinski definition) is 5. The zero-order valence-electron chi connectivity index (χ0n) is 18.2. The molecule has 2 heterocycles. The Bertz CT molecular complexity index is 1390. The number of carbonyl (C=O) groups excluding carboxylic acids is 1. The summed E-state index contributed by atoms with van der Waals surface area (Å²) in [5, 5.41) is 12.6. The van der Waals surface area contributed by atoms with E-state index in [1.807, 2.05) is 59.5 Å². The molecule has 34 heavy (non-hydrogen) atoms. The fourth-order valence-corrected chi connectivity index (χ4v) is 4.22. The molecule has 1 aromatic heterocycles. The van der Waals surface area contributed by atoms with E-state index in [0.717, 1.165) is 5.56 Å². The van der Waals surface area contributed by atoms with Crippen molar-refractivity contribution in [2.45, 2.75) is 6.04 Å². The second-order valence-corrected chi connectivity index (χ2v) is 8.00. The van der Waals surface area contributed by atoms with Gasteiger partial charge in [0.2, 0.25) is 0 Å². The maximum atomic E-state index is 13.6. The number of piperazine rings is 1. The summed E-state index contributed by atoms with van der Waals surface area (Å²) in [7, 11) is 0. The molecule has 1 fully saturated rings. The zero-order chi connectivity index (χ0) is 23.5. The average molecular weight is 452 g/mol. The number of carbonyl (C=O) groups is 1. The number of amides is 2. The molecule has 0 saturated carbocycles. The van der Waals surface area contributed by atoms with Gasteiger partial charge in [0.25, 0.3) is 0 Å². The van der Waals surface area contributed by atoms with Crippen LogP contribution in [-0.4, -0.2) is 40.5 Å². The second-order valence-electron chi connectivity index (χ2n) is 8.00. The van der Waals surface area contributed by atoms with Crippen molar-refractivity contribution in [2.75, 3.05) is 29.9 Å². The number of para-hydroxylation sites is 2. The first-order valence-corrected chi connectivity index (χ1v) is 10.9. The van der Waals surface area contributed by atoms with Crippen molar-refractivity contribution in [2.24, 2.45) is 0 Å². The smallest absolute Gasteiger partial charge is 0.321 e. The van der Waals surface area contributed by atoms with E-state index in [9.17, 15) is 14.4 Å². The van der Waals surface area contributed by atoms with Crippen molar-refractivity contribution in [3.8, 4) is 6.07 Å². The van der Waals surface area contributed by atoms with Gasteiger partial charge in [-0.3, -0.25) is 0 Å². The molecule has 8 heteroatoms. The van der Waals surface area contributed by atoms with Crippen molar-refractivity contribution in [1.29, 1.82) is 5.26 Å². The topological polar surface area (TPSA) is 85.2 Å². The molecule has 1 aliphatic heterocycles. The van der Waals surface area contributed by atoms with Gasteiger partial charge < -0.3 is 15.1 Å². The van der Waals surface area contributed by atoms with Crippen molar-refractivity contribution in [3.05, 3.63) is 95.9 Å². The number of nitriles is 1. The molecule has 0 aliphatic carbocycles. The quantitative estimate of drug-likeness (QED) is 0.486. The molecule has 0 radical (unpaired) electrons. The van der Waals surface area contributed by atoms with Crippen molar-refractivity contribution < 1.29 is 9.18 Å². The highest BCUT2D eigenvalue weighted by atomic mass is 19.1. The van der Waals surface area contributed by atoms with Gasteiger partial charge >= 0.3 is 6.03 Å². The van der Waals surface area contributed by atoms with E-state index in [1.165, 1.54) is 12.1 Å². The van der Waals surface area contributed by atoms with Crippen LogP contribution in [0.1, 0.15) is 17.3 Å². The number of rotatable bonds is 3. The summed E-state index contributed by atoms with van der Waals surface area (Å²) >= 11 is 0. The monoisotopic (exact) mass is 452 g/mol. The van der Waals surface area contributed by atoms with Gasteiger partial charge in [0.15, 0.2) is 11.5 Å². The molecule has 1 aliphatic rings. The molecule has 1 N–H and O–H groups in total. The highest BCUT2D eigenvalue weighted by Gasteiger charge is 2.33. The van der Waals surface area contributed by atoms with Crippen LogP contribution in [0, 0.1) is 17.1 Å². The molecule has 2 amide bonds. The Balaban J connectivity index is 1.48. The third-order valence-electron chi connectivity index (χ3n) is 5.86. The minimum Gasteiger partial charge on any atom is -0.344 e. The van der Waals surface area contributed by atoms with E-state index in [0.29, 0.717) is 42.2 Å². The van der Waals surface area contributed by atoms with Crippen LogP contribution in [0.3, 0.4) is 0 Å². The lowest BCUT2D eigenvalue weighted by Crippen LogP contribution is -2.52. The Kier molecular flexibility index (Phi) is 5.75. The van der Waals surface area contributed by atoms with Gasteiger partial charge in [-0.2, -0.15) is 5.26 Å². The van der Waals surface area contributed by atoms with Crippen LogP contribution in [0.25, 0.3) is 11.0 Å². The SMILES string of the molecule is N#Cc1nc2ccccc2nc1N1CCN(C(=O)Nc2cccc(F)c2)CC1c1ccccc1. The number of hydrogen-bond donors (Lipinski definition) is 1. The summed E-state index contributed by atoms with van der Waals surface area (Å²) in [6, 6.07) is 24.7. The molecule has 1 unspecified atom stereocenters. The van der Waals surface area contributed by atoms with Gasteiger partial charge in [-0.15, -0.1) is 0 Å². The molecule has 1 atom stereocenters. The van der Waals surface area contributed by atoms with E-state index >= 15 is 0 Å². The van der Waals surface area contributed by atoms with E-state index in [2.05, 4.69) is 16.4 Å². The number of urea groups is 1. The lowest BCUT2D eigenvalue weighted by Gasteiger charge is -2.42. The van der Waals surface area contributed by atoms with Crippen LogP contribution >= 0.6 is 0 Å². The molecule has 7 nitrogen and oxygen atoms in total. The van der Waals surface area contributed by atoms with E-state index < -0.39 is 5.82 Å². The summed E-state index contributed by atoms with van der Waals surface area (Å²) in [5.74, 6) is 0.0870. The molecule has 3 aromatic carbocycles. The predicted molar refractivity (Wildman–Crippen MR) is 128 cm³/mol. The molecule has 1 saturated heterocycles. The van der Waals surface area contributed by atoms with Crippen molar-refractivity contribution in [1.82, 2.24) is 14.9 Å². The number of fused-ring (bicyclic) bond motifs is 1. The Morgan fingerprint density at radius 1 is 0.971 bits per heavy atom. The Morgan fingerprint density at radius 2 is 1.71 bits per heavy atom. The molecule has 5 rings (SSSR count). The average Bonchev–Trinajstić information content (AvgIpc) is 2.88. The predicted octanol–water partition coefficient (Wildman–Crippen LogP) is 4.74. The number of halogens is 1. The standard InChI is InChI=1S/C26H21FN6O/c27-19-9-6-10-20(15-19)29-26(34)32-13-14-33(24(17-32)18-7-2-1-3-8-18)25-23(16-28)30-21-11-4-5-12-22(21)31-25/h1-12,15,24H,13-14,17H2,(H,29,34). The maximum Gasteiger partial charge on any atom is 0.321 e. The maximum absolute atomic E-state index is 13.6. The van der Waals surface area contributed by atoms with Gasteiger partial charge in [-0.1, -0.05) is 48.5 Å². The lowest BCUT2D eigenvalue weighted by molar-refractivity contribution is 0.198. The van der Waals surface area contributed by atoms with Gasteiger partial charge in [0, 0.05) is 25.3 Å². The van der Waals surface area contributed by atoms with Crippen LogP contribution in [0.15, 0.2) is 78.9 Å².